The summed E-state index contributed by atoms with van der Waals surface area (Å²) in [5.41, 5.74) is 3.52. The molecule has 26 heavy (non-hydrogen) atoms. The van der Waals surface area contributed by atoms with Crippen LogP contribution in [-0.4, -0.2) is 34.2 Å². The van der Waals surface area contributed by atoms with E-state index in [0.29, 0.717) is 11.4 Å². The molecule has 0 radical (unpaired) electrons. The van der Waals surface area contributed by atoms with Gasteiger partial charge in [0, 0.05) is 35.6 Å². The van der Waals surface area contributed by atoms with E-state index in [0.717, 1.165) is 24.3 Å². The van der Waals surface area contributed by atoms with Crippen LogP contribution in [0.3, 0.4) is 0 Å². The molecule has 2 aromatic carbocycles. The van der Waals surface area contributed by atoms with E-state index in [1.807, 2.05) is 48.5 Å². The van der Waals surface area contributed by atoms with Gasteiger partial charge in [-0.2, -0.15) is 5.10 Å². The Morgan fingerprint density at radius 1 is 0.962 bits per heavy atom. The minimum absolute atomic E-state index is 0.109. The standard InChI is InChI=1S/C20H21N5O/c26-20(16-6-10-18(11-7-16)25-12-2-1-3-13-25)23-17-8-4-15(5-9-17)19-21-14-22-24-19/h4-11,14H,1-3,12-13H2,(H,23,26)(H,21,22,24). The molecule has 132 valence electrons. The Labute approximate surface area is 152 Å². The van der Waals surface area contributed by atoms with Gasteiger partial charge in [-0.25, -0.2) is 4.98 Å². The van der Waals surface area contributed by atoms with E-state index in [-0.39, 0.29) is 5.91 Å². The van der Waals surface area contributed by atoms with Gasteiger partial charge in [-0.05, 0) is 67.8 Å². The molecule has 0 unspecified atom stereocenters. The lowest BCUT2D eigenvalue weighted by atomic mass is 10.1. The summed E-state index contributed by atoms with van der Waals surface area (Å²) in [7, 11) is 0. The van der Waals surface area contributed by atoms with Crippen molar-refractivity contribution in [1.82, 2.24) is 15.2 Å². The summed E-state index contributed by atoms with van der Waals surface area (Å²) in [6.07, 6.45) is 5.27. The Hall–Kier alpha value is -3.15. The molecule has 6 heteroatoms. The Morgan fingerprint density at radius 3 is 2.35 bits per heavy atom. The smallest absolute Gasteiger partial charge is 0.255 e. The maximum atomic E-state index is 12.5. The van der Waals surface area contributed by atoms with E-state index in [4.69, 9.17) is 0 Å². The number of aromatic nitrogens is 3. The van der Waals surface area contributed by atoms with Crippen molar-refractivity contribution >= 4 is 17.3 Å². The largest absolute Gasteiger partial charge is 0.372 e. The molecule has 1 saturated heterocycles. The number of nitrogens with one attached hydrogen (secondary N) is 2. The zero-order chi connectivity index (χ0) is 17.8. The van der Waals surface area contributed by atoms with Crippen molar-refractivity contribution in [2.45, 2.75) is 19.3 Å². The fourth-order valence-corrected chi connectivity index (χ4v) is 3.23. The second kappa shape index (κ2) is 7.39. The molecule has 1 aromatic heterocycles. The van der Waals surface area contributed by atoms with Gasteiger partial charge in [0.2, 0.25) is 0 Å². The van der Waals surface area contributed by atoms with Crippen molar-refractivity contribution in [3.8, 4) is 11.4 Å². The average Bonchev–Trinajstić information content (AvgIpc) is 3.24. The van der Waals surface area contributed by atoms with Gasteiger partial charge >= 0.3 is 0 Å². The summed E-state index contributed by atoms with van der Waals surface area (Å²) in [4.78, 5) is 19.0. The summed E-state index contributed by atoms with van der Waals surface area (Å²) < 4.78 is 0. The summed E-state index contributed by atoms with van der Waals surface area (Å²) in [5.74, 6) is 0.596. The molecule has 3 aromatic rings. The van der Waals surface area contributed by atoms with Crippen LogP contribution >= 0.6 is 0 Å². The van der Waals surface area contributed by atoms with E-state index in [1.165, 1.54) is 31.3 Å². The molecule has 2 N–H and O–H groups in total. The van der Waals surface area contributed by atoms with Gasteiger partial charge in [0.1, 0.15) is 6.33 Å². The van der Waals surface area contributed by atoms with Crippen LogP contribution in [0.5, 0.6) is 0 Å². The van der Waals surface area contributed by atoms with Crippen LogP contribution in [0.2, 0.25) is 0 Å². The molecule has 1 aliphatic heterocycles. The number of aromatic amines is 1. The van der Waals surface area contributed by atoms with Crippen LogP contribution in [-0.2, 0) is 0 Å². The van der Waals surface area contributed by atoms with Gasteiger partial charge in [0.15, 0.2) is 5.82 Å². The maximum absolute atomic E-state index is 12.5. The van der Waals surface area contributed by atoms with E-state index in [9.17, 15) is 4.79 Å². The number of benzene rings is 2. The fourth-order valence-electron chi connectivity index (χ4n) is 3.23. The van der Waals surface area contributed by atoms with E-state index >= 15 is 0 Å². The van der Waals surface area contributed by atoms with E-state index in [2.05, 4.69) is 25.4 Å². The van der Waals surface area contributed by atoms with Crippen LogP contribution in [0.15, 0.2) is 54.9 Å². The van der Waals surface area contributed by atoms with Crippen molar-refractivity contribution < 1.29 is 4.79 Å². The van der Waals surface area contributed by atoms with Gasteiger partial charge in [-0.1, -0.05) is 0 Å². The third kappa shape index (κ3) is 3.59. The molecule has 1 amide bonds. The predicted molar refractivity (Wildman–Crippen MR) is 102 cm³/mol. The highest BCUT2D eigenvalue weighted by molar-refractivity contribution is 6.04. The number of hydrogen-bond donors (Lipinski definition) is 2. The van der Waals surface area contributed by atoms with Gasteiger partial charge in [-0.3, -0.25) is 9.89 Å². The molecule has 4 rings (SSSR count). The first-order valence-electron chi connectivity index (χ1n) is 8.92. The fraction of sp³-hybridized carbons (Fsp3) is 0.250. The lowest BCUT2D eigenvalue weighted by Gasteiger charge is -2.28. The zero-order valence-corrected chi connectivity index (χ0v) is 14.5. The maximum Gasteiger partial charge on any atom is 0.255 e. The molecule has 1 aliphatic rings. The molecule has 0 aliphatic carbocycles. The zero-order valence-electron chi connectivity index (χ0n) is 14.5. The number of nitrogens with zero attached hydrogens (tertiary/aromatic N) is 3. The first-order valence-corrected chi connectivity index (χ1v) is 8.92. The molecule has 2 heterocycles. The molecule has 0 saturated carbocycles. The normalized spacial score (nSPS) is 14.2. The molecular weight excluding hydrogens is 326 g/mol. The van der Waals surface area contributed by atoms with Crippen molar-refractivity contribution in [3.05, 3.63) is 60.4 Å². The minimum Gasteiger partial charge on any atom is -0.372 e. The molecular formula is C20H21N5O. The highest BCUT2D eigenvalue weighted by atomic mass is 16.1. The first kappa shape index (κ1) is 16.3. The molecule has 1 fully saturated rings. The number of amides is 1. The van der Waals surface area contributed by atoms with Crippen LogP contribution < -0.4 is 10.2 Å². The summed E-state index contributed by atoms with van der Waals surface area (Å²) in [5, 5.41) is 9.59. The second-order valence-electron chi connectivity index (χ2n) is 6.46. The molecule has 6 nitrogen and oxygen atoms in total. The Bertz CT molecular complexity index is 850. The lowest BCUT2D eigenvalue weighted by Crippen LogP contribution is -2.29. The van der Waals surface area contributed by atoms with Gasteiger partial charge < -0.3 is 10.2 Å². The van der Waals surface area contributed by atoms with Crippen molar-refractivity contribution in [1.29, 1.82) is 0 Å². The number of piperidine rings is 1. The van der Waals surface area contributed by atoms with Crippen LogP contribution in [0.25, 0.3) is 11.4 Å². The van der Waals surface area contributed by atoms with Crippen molar-refractivity contribution in [2.75, 3.05) is 23.3 Å². The number of carbonyl (C=O) groups excluding carboxylic acids is 1. The Morgan fingerprint density at radius 2 is 1.69 bits per heavy atom. The minimum atomic E-state index is -0.109. The van der Waals surface area contributed by atoms with Crippen molar-refractivity contribution in [3.63, 3.8) is 0 Å². The number of H-pyrrole nitrogens is 1. The van der Waals surface area contributed by atoms with Crippen LogP contribution in [0.4, 0.5) is 11.4 Å². The number of rotatable bonds is 4. The van der Waals surface area contributed by atoms with Crippen LogP contribution in [0.1, 0.15) is 29.6 Å². The van der Waals surface area contributed by atoms with Crippen molar-refractivity contribution in [2.24, 2.45) is 0 Å². The molecule has 0 spiro atoms. The Balaban J connectivity index is 1.41. The molecule has 0 atom stereocenters. The molecule has 0 bridgehead atoms. The van der Waals surface area contributed by atoms with Gasteiger partial charge in [0.25, 0.3) is 5.91 Å². The highest BCUT2D eigenvalue weighted by Crippen LogP contribution is 2.21. The van der Waals surface area contributed by atoms with Crippen LogP contribution in [0, 0.1) is 0 Å². The summed E-state index contributed by atoms with van der Waals surface area (Å²) >= 11 is 0. The van der Waals surface area contributed by atoms with Gasteiger partial charge in [0.05, 0.1) is 0 Å². The predicted octanol–water partition coefficient (Wildman–Crippen LogP) is 3.71. The second-order valence-corrected chi connectivity index (χ2v) is 6.46. The monoisotopic (exact) mass is 347 g/mol. The summed E-state index contributed by atoms with van der Waals surface area (Å²) in [6, 6.07) is 15.4. The quantitative estimate of drug-likeness (QED) is 0.754. The summed E-state index contributed by atoms with van der Waals surface area (Å²) in [6.45, 7) is 2.20. The topological polar surface area (TPSA) is 73.9 Å². The Kier molecular flexibility index (Phi) is 4.64. The van der Waals surface area contributed by atoms with Gasteiger partial charge in [-0.15, -0.1) is 0 Å². The van der Waals surface area contributed by atoms with E-state index in [1.54, 1.807) is 0 Å². The van der Waals surface area contributed by atoms with E-state index < -0.39 is 0 Å². The number of anilines is 2. The number of carbonyl (C=O) groups is 1. The SMILES string of the molecule is O=C(Nc1ccc(-c2ncn[nH]2)cc1)c1ccc(N2CCCCC2)cc1. The highest BCUT2D eigenvalue weighted by Gasteiger charge is 2.12. The first-order chi connectivity index (χ1) is 12.8. The number of hydrogen-bond acceptors (Lipinski definition) is 4. The third-order valence-electron chi connectivity index (χ3n) is 4.68. The third-order valence-corrected chi connectivity index (χ3v) is 4.68. The average molecular weight is 347 g/mol. The lowest BCUT2D eigenvalue weighted by molar-refractivity contribution is 0.102.